The van der Waals surface area contributed by atoms with Crippen molar-refractivity contribution in [2.75, 3.05) is 7.11 Å². The molecule has 2 nitrogen and oxygen atoms in total. The Bertz CT molecular complexity index is 308. The monoisotopic (exact) mass is 244 g/mol. The molecule has 0 spiro atoms. The van der Waals surface area contributed by atoms with Gasteiger partial charge in [0.25, 0.3) is 0 Å². The molecule has 0 saturated carbocycles. The Balaban J connectivity index is 3.30. The molecule has 0 saturated heterocycles. The van der Waals surface area contributed by atoms with Crippen molar-refractivity contribution in [3.8, 4) is 11.5 Å². The van der Waals surface area contributed by atoms with Crippen LogP contribution in [0.2, 0.25) is 0 Å². The Kier molecular flexibility index (Phi) is 3.20. The van der Waals surface area contributed by atoms with Crippen LogP contribution < -0.4 is 4.74 Å². The highest BCUT2D eigenvalue weighted by atomic mass is 79.9. The van der Waals surface area contributed by atoms with Gasteiger partial charge in [0.1, 0.15) is 11.5 Å². The standard InChI is InChI=1S/C10H13BrO2/c1-6(2)9-7(12)4-5-8(13-3)10(9)11/h4-6,12H,1-3H3. The van der Waals surface area contributed by atoms with Gasteiger partial charge in [0.15, 0.2) is 0 Å². The predicted molar refractivity (Wildman–Crippen MR) is 56.4 cm³/mol. The van der Waals surface area contributed by atoms with E-state index in [-0.39, 0.29) is 5.92 Å². The van der Waals surface area contributed by atoms with Gasteiger partial charge < -0.3 is 9.84 Å². The van der Waals surface area contributed by atoms with Gasteiger partial charge in [-0.05, 0) is 34.0 Å². The summed E-state index contributed by atoms with van der Waals surface area (Å²) in [4.78, 5) is 0. The van der Waals surface area contributed by atoms with Crippen LogP contribution in [0.15, 0.2) is 16.6 Å². The summed E-state index contributed by atoms with van der Waals surface area (Å²) in [5.74, 6) is 1.33. The number of rotatable bonds is 2. The smallest absolute Gasteiger partial charge is 0.133 e. The molecule has 0 amide bonds. The highest BCUT2D eigenvalue weighted by Gasteiger charge is 2.13. The molecular weight excluding hydrogens is 232 g/mol. The molecule has 0 fully saturated rings. The normalized spacial score (nSPS) is 10.5. The van der Waals surface area contributed by atoms with Gasteiger partial charge in [-0.3, -0.25) is 0 Å². The number of hydrogen-bond acceptors (Lipinski definition) is 2. The zero-order chi connectivity index (χ0) is 10.0. The minimum Gasteiger partial charge on any atom is -0.508 e. The molecule has 1 aromatic carbocycles. The summed E-state index contributed by atoms with van der Waals surface area (Å²) >= 11 is 3.41. The lowest BCUT2D eigenvalue weighted by atomic mass is 10.0. The Morgan fingerprint density at radius 2 is 2.00 bits per heavy atom. The number of ether oxygens (including phenoxy) is 1. The first-order valence-corrected chi connectivity index (χ1v) is 4.92. The molecule has 72 valence electrons. The maximum absolute atomic E-state index is 9.60. The van der Waals surface area contributed by atoms with Crippen LogP contribution in [0.25, 0.3) is 0 Å². The first kappa shape index (κ1) is 10.4. The highest BCUT2D eigenvalue weighted by molar-refractivity contribution is 9.10. The average Bonchev–Trinajstić information content (AvgIpc) is 2.04. The summed E-state index contributed by atoms with van der Waals surface area (Å²) in [5, 5.41) is 9.60. The van der Waals surface area contributed by atoms with Gasteiger partial charge in [-0.1, -0.05) is 13.8 Å². The van der Waals surface area contributed by atoms with Gasteiger partial charge in [0.05, 0.1) is 11.6 Å². The lowest BCUT2D eigenvalue weighted by Crippen LogP contribution is -1.93. The number of aromatic hydroxyl groups is 1. The second-order valence-electron chi connectivity index (χ2n) is 3.17. The number of halogens is 1. The third-order valence-corrected chi connectivity index (χ3v) is 2.74. The van der Waals surface area contributed by atoms with Crippen molar-refractivity contribution >= 4 is 15.9 Å². The summed E-state index contributed by atoms with van der Waals surface area (Å²) in [7, 11) is 1.61. The number of hydrogen-bond donors (Lipinski definition) is 1. The van der Waals surface area contributed by atoms with Gasteiger partial charge in [-0.2, -0.15) is 0 Å². The topological polar surface area (TPSA) is 29.5 Å². The van der Waals surface area contributed by atoms with Crippen molar-refractivity contribution in [3.63, 3.8) is 0 Å². The Morgan fingerprint density at radius 3 is 2.46 bits per heavy atom. The van der Waals surface area contributed by atoms with E-state index in [1.165, 1.54) is 0 Å². The first-order chi connectivity index (χ1) is 6.07. The second-order valence-corrected chi connectivity index (χ2v) is 3.96. The number of phenols is 1. The quantitative estimate of drug-likeness (QED) is 0.866. The summed E-state index contributed by atoms with van der Waals surface area (Å²) in [6, 6.07) is 3.39. The minimum absolute atomic E-state index is 0.268. The molecule has 0 aliphatic carbocycles. The molecule has 1 N–H and O–H groups in total. The van der Waals surface area contributed by atoms with Gasteiger partial charge in [0.2, 0.25) is 0 Å². The molecule has 0 aliphatic heterocycles. The van der Waals surface area contributed by atoms with Crippen molar-refractivity contribution in [2.24, 2.45) is 0 Å². The molecule has 0 radical (unpaired) electrons. The minimum atomic E-state index is 0.268. The zero-order valence-electron chi connectivity index (χ0n) is 7.97. The molecule has 1 rings (SSSR count). The molecule has 0 atom stereocenters. The number of methoxy groups -OCH3 is 1. The lowest BCUT2D eigenvalue weighted by molar-refractivity contribution is 0.407. The molecular formula is C10H13BrO2. The van der Waals surface area contributed by atoms with E-state index in [0.717, 1.165) is 15.8 Å². The van der Waals surface area contributed by atoms with Gasteiger partial charge in [-0.15, -0.1) is 0 Å². The Labute approximate surface area is 86.7 Å². The summed E-state index contributed by atoms with van der Waals surface area (Å²) < 4.78 is 5.97. The first-order valence-electron chi connectivity index (χ1n) is 4.13. The van der Waals surface area contributed by atoms with Crippen molar-refractivity contribution < 1.29 is 9.84 Å². The second kappa shape index (κ2) is 4.01. The van der Waals surface area contributed by atoms with Crippen molar-refractivity contribution in [2.45, 2.75) is 19.8 Å². The molecule has 0 aromatic heterocycles. The fourth-order valence-corrected chi connectivity index (χ4v) is 2.22. The number of benzene rings is 1. The highest BCUT2D eigenvalue weighted by Crippen LogP contribution is 2.38. The maximum atomic E-state index is 9.60. The SMILES string of the molecule is COc1ccc(O)c(C(C)C)c1Br. The number of phenolic OH excluding ortho intramolecular Hbond substituents is 1. The lowest BCUT2D eigenvalue weighted by Gasteiger charge is -2.13. The third kappa shape index (κ3) is 1.97. The average molecular weight is 245 g/mol. The van der Waals surface area contributed by atoms with Gasteiger partial charge in [0, 0.05) is 5.56 Å². The van der Waals surface area contributed by atoms with Crippen LogP contribution >= 0.6 is 15.9 Å². The fourth-order valence-electron chi connectivity index (χ4n) is 1.27. The molecule has 0 bridgehead atoms. The van der Waals surface area contributed by atoms with Gasteiger partial charge in [-0.25, -0.2) is 0 Å². The van der Waals surface area contributed by atoms with E-state index in [4.69, 9.17) is 4.74 Å². The largest absolute Gasteiger partial charge is 0.508 e. The van der Waals surface area contributed by atoms with Crippen LogP contribution in [0.3, 0.4) is 0 Å². The molecule has 1 aromatic rings. The fraction of sp³-hybridized carbons (Fsp3) is 0.400. The Hall–Kier alpha value is -0.700. The van der Waals surface area contributed by atoms with E-state index in [1.54, 1.807) is 19.2 Å². The van der Waals surface area contributed by atoms with Crippen LogP contribution in [0.4, 0.5) is 0 Å². The van der Waals surface area contributed by atoms with Crippen LogP contribution in [0.5, 0.6) is 11.5 Å². The van der Waals surface area contributed by atoms with Crippen molar-refractivity contribution in [1.29, 1.82) is 0 Å². The van der Waals surface area contributed by atoms with E-state index in [1.807, 2.05) is 13.8 Å². The van der Waals surface area contributed by atoms with Gasteiger partial charge >= 0.3 is 0 Å². The van der Waals surface area contributed by atoms with E-state index < -0.39 is 0 Å². The summed E-state index contributed by atoms with van der Waals surface area (Å²) in [5.41, 5.74) is 0.888. The Morgan fingerprint density at radius 1 is 1.38 bits per heavy atom. The summed E-state index contributed by atoms with van der Waals surface area (Å²) in [6.45, 7) is 4.05. The van der Waals surface area contributed by atoms with Crippen LogP contribution in [-0.4, -0.2) is 12.2 Å². The maximum Gasteiger partial charge on any atom is 0.133 e. The van der Waals surface area contributed by atoms with Crippen LogP contribution in [0, 0.1) is 0 Å². The van der Waals surface area contributed by atoms with E-state index in [0.29, 0.717) is 5.75 Å². The predicted octanol–water partition coefficient (Wildman–Crippen LogP) is 3.29. The molecule has 0 unspecified atom stereocenters. The summed E-state index contributed by atoms with van der Waals surface area (Å²) in [6.07, 6.45) is 0. The van der Waals surface area contributed by atoms with Crippen molar-refractivity contribution in [3.05, 3.63) is 22.2 Å². The van der Waals surface area contributed by atoms with Crippen LogP contribution in [0.1, 0.15) is 25.3 Å². The van der Waals surface area contributed by atoms with Crippen LogP contribution in [-0.2, 0) is 0 Å². The molecule has 0 aliphatic rings. The molecule has 0 heterocycles. The van der Waals surface area contributed by atoms with E-state index >= 15 is 0 Å². The third-order valence-electron chi connectivity index (χ3n) is 1.92. The van der Waals surface area contributed by atoms with Crippen molar-refractivity contribution in [1.82, 2.24) is 0 Å². The zero-order valence-corrected chi connectivity index (χ0v) is 9.55. The van der Waals surface area contributed by atoms with E-state index in [9.17, 15) is 5.11 Å². The molecule has 13 heavy (non-hydrogen) atoms. The molecule has 3 heteroatoms. The van der Waals surface area contributed by atoms with E-state index in [2.05, 4.69) is 15.9 Å².